The van der Waals surface area contributed by atoms with E-state index in [-0.39, 0.29) is 5.91 Å². The highest BCUT2D eigenvalue weighted by atomic mass is 35.5. The fraction of sp³-hybridized carbons (Fsp3) is 0.188. The maximum absolute atomic E-state index is 12.3. The molecule has 1 atom stereocenters. The summed E-state index contributed by atoms with van der Waals surface area (Å²) in [6.07, 6.45) is 0. The first kappa shape index (κ1) is 16.5. The van der Waals surface area contributed by atoms with Gasteiger partial charge >= 0.3 is 0 Å². The van der Waals surface area contributed by atoms with Crippen molar-refractivity contribution in [2.45, 2.75) is 13.0 Å². The molecule has 0 aliphatic carbocycles. The lowest BCUT2D eigenvalue weighted by molar-refractivity contribution is -0.116. The number of anilines is 2. The molecular formula is C16H16Cl2N2O2. The lowest BCUT2D eigenvalue weighted by Crippen LogP contribution is -2.32. The first-order chi connectivity index (χ1) is 10.5. The largest absolute Gasteiger partial charge is 0.495 e. The van der Waals surface area contributed by atoms with Crippen LogP contribution in [-0.2, 0) is 4.79 Å². The van der Waals surface area contributed by atoms with Crippen molar-refractivity contribution in [3.63, 3.8) is 0 Å². The van der Waals surface area contributed by atoms with E-state index in [4.69, 9.17) is 27.9 Å². The molecule has 116 valence electrons. The summed E-state index contributed by atoms with van der Waals surface area (Å²) in [5.41, 5.74) is 1.14. The van der Waals surface area contributed by atoms with Crippen LogP contribution in [0.5, 0.6) is 5.75 Å². The van der Waals surface area contributed by atoms with Crippen LogP contribution in [0.15, 0.2) is 42.5 Å². The van der Waals surface area contributed by atoms with E-state index in [0.717, 1.165) is 5.69 Å². The van der Waals surface area contributed by atoms with Gasteiger partial charge in [-0.25, -0.2) is 0 Å². The van der Waals surface area contributed by atoms with Crippen molar-refractivity contribution in [1.82, 2.24) is 0 Å². The zero-order valence-corrected chi connectivity index (χ0v) is 13.7. The molecule has 0 aliphatic rings. The number of carbonyl (C=O) groups excluding carboxylic acids is 1. The molecule has 0 bridgehead atoms. The number of hydrogen-bond acceptors (Lipinski definition) is 3. The Morgan fingerprint density at radius 2 is 1.73 bits per heavy atom. The van der Waals surface area contributed by atoms with Gasteiger partial charge in [-0.2, -0.15) is 0 Å². The Labute approximate surface area is 139 Å². The molecule has 0 unspecified atom stereocenters. The number of amides is 1. The summed E-state index contributed by atoms with van der Waals surface area (Å²) in [7, 11) is 1.58. The summed E-state index contributed by atoms with van der Waals surface area (Å²) >= 11 is 12.1. The van der Waals surface area contributed by atoms with Crippen molar-refractivity contribution >= 4 is 40.5 Å². The third-order valence-electron chi connectivity index (χ3n) is 3.08. The number of ether oxygens (including phenoxy) is 1. The third kappa shape index (κ3) is 3.84. The molecule has 0 heterocycles. The van der Waals surface area contributed by atoms with Crippen molar-refractivity contribution in [3.8, 4) is 5.75 Å². The second kappa shape index (κ2) is 7.38. The lowest BCUT2D eigenvalue weighted by atomic mass is 10.2. The van der Waals surface area contributed by atoms with Gasteiger partial charge in [-0.15, -0.1) is 0 Å². The normalized spacial score (nSPS) is 11.6. The highest BCUT2D eigenvalue weighted by Crippen LogP contribution is 2.30. The van der Waals surface area contributed by atoms with Crippen LogP contribution in [0.1, 0.15) is 6.92 Å². The molecule has 2 N–H and O–H groups in total. The van der Waals surface area contributed by atoms with Crippen LogP contribution in [0.4, 0.5) is 11.4 Å². The van der Waals surface area contributed by atoms with Crippen LogP contribution < -0.4 is 15.4 Å². The van der Waals surface area contributed by atoms with E-state index in [1.54, 1.807) is 32.2 Å². The first-order valence-corrected chi connectivity index (χ1v) is 7.43. The van der Waals surface area contributed by atoms with Gasteiger partial charge in [0.05, 0.1) is 28.5 Å². The van der Waals surface area contributed by atoms with E-state index in [0.29, 0.717) is 21.5 Å². The topological polar surface area (TPSA) is 50.4 Å². The Bertz CT molecular complexity index is 657. The number of rotatable bonds is 5. The predicted octanol–water partition coefficient (Wildman–Crippen LogP) is 4.44. The van der Waals surface area contributed by atoms with Gasteiger partial charge in [-0.05, 0) is 31.2 Å². The molecule has 0 aliphatic heterocycles. The summed E-state index contributed by atoms with van der Waals surface area (Å²) in [5, 5.41) is 6.61. The van der Waals surface area contributed by atoms with Crippen LogP contribution in [0.2, 0.25) is 10.0 Å². The molecule has 2 aromatic rings. The Kier molecular flexibility index (Phi) is 5.52. The molecule has 2 rings (SSSR count). The standard InChI is InChI=1S/C16H16Cl2N2O2/c1-10(19-13-8-3-4-9-14(13)22-2)16(21)20-15-11(17)6-5-7-12(15)18/h3-10,19H,1-2H3,(H,20,21)/t10-/m0/s1. The van der Waals surface area contributed by atoms with Gasteiger partial charge in [0, 0.05) is 0 Å². The van der Waals surface area contributed by atoms with Gasteiger partial charge in [0.2, 0.25) is 5.91 Å². The highest BCUT2D eigenvalue weighted by Gasteiger charge is 2.17. The maximum Gasteiger partial charge on any atom is 0.246 e. The molecule has 0 saturated carbocycles. The van der Waals surface area contributed by atoms with Gasteiger partial charge in [0.1, 0.15) is 11.8 Å². The van der Waals surface area contributed by atoms with Gasteiger partial charge in [-0.3, -0.25) is 4.79 Å². The fourth-order valence-electron chi connectivity index (χ4n) is 1.91. The van der Waals surface area contributed by atoms with Crippen LogP contribution in [0, 0.1) is 0 Å². The zero-order chi connectivity index (χ0) is 16.1. The third-order valence-corrected chi connectivity index (χ3v) is 3.71. The smallest absolute Gasteiger partial charge is 0.246 e. The summed E-state index contributed by atoms with van der Waals surface area (Å²) in [6.45, 7) is 1.74. The van der Waals surface area contributed by atoms with Gasteiger partial charge < -0.3 is 15.4 Å². The molecule has 0 spiro atoms. The monoisotopic (exact) mass is 338 g/mol. The minimum absolute atomic E-state index is 0.249. The minimum atomic E-state index is -0.497. The highest BCUT2D eigenvalue weighted by molar-refractivity contribution is 6.39. The Morgan fingerprint density at radius 3 is 2.36 bits per heavy atom. The van der Waals surface area contributed by atoms with Crippen molar-refractivity contribution < 1.29 is 9.53 Å². The molecular weight excluding hydrogens is 323 g/mol. The summed E-state index contributed by atoms with van der Waals surface area (Å²) in [4.78, 5) is 12.3. The SMILES string of the molecule is COc1ccccc1N[C@@H](C)C(=O)Nc1c(Cl)cccc1Cl. The second-order valence-corrected chi connectivity index (χ2v) is 5.47. The van der Waals surface area contributed by atoms with Gasteiger partial charge in [0.25, 0.3) is 0 Å². The van der Waals surface area contributed by atoms with Crippen LogP contribution in [0.25, 0.3) is 0 Å². The van der Waals surface area contributed by atoms with Crippen molar-refractivity contribution in [2.24, 2.45) is 0 Å². The average Bonchev–Trinajstić information content (AvgIpc) is 2.51. The number of benzene rings is 2. The number of carbonyl (C=O) groups is 1. The molecule has 6 heteroatoms. The van der Waals surface area contributed by atoms with E-state index in [9.17, 15) is 4.79 Å². The predicted molar refractivity (Wildman–Crippen MR) is 91.2 cm³/mol. The maximum atomic E-state index is 12.3. The fourth-order valence-corrected chi connectivity index (χ4v) is 2.40. The van der Waals surface area contributed by atoms with Gasteiger partial charge in [0.15, 0.2) is 0 Å². The van der Waals surface area contributed by atoms with Gasteiger partial charge in [-0.1, -0.05) is 41.4 Å². The van der Waals surface area contributed by atoms with Crippen molar-refractivity contribution in [3.05, 3.63) is 52.5 Å². The van der Waals surface area contributed by atoms with Crippen LogP contribution >= 0.6 is 23.2 Å². The number of methoxy groups -OCH3 is 1. The summed E-state index contributed by atoms with van der Waals surface area (Å²) < 4.78 is 5.25. The molecule has 1 amide bonds. The van der Waals surface area contributed by atoms with E-state index in [1.807, 2.05) is 24.3 Å². The van der Waals surface area contributed by atoms with E-state index in [1.165, 1.54) is 0 Å². The molecule has 0 fully saturated rings. The molecule has 0 saturated heterocycles. The zero-order valence-electron chi connectivity index (χ0n) is 12.2. The molecule has 2 aromatic carbocycles. The second-order valence-electron chi connectivity index (χ2n) is 4.65. The molecule has 22 heavy (non-hydrogen) atoms. The van der Waals surface area contributed by atoms with Crippen LogP contribution in [-0.4, -0.2) is 19.1 Å². The molecule has 0 aromatic heterocycles. The minimum Gasteiger partial charge on any atom is -0.495 e. The Morgan fingerprint density at radius 1 is 1.09 bits per heavy atom. The van der Waals surface area contributed by atoms with Crippen LogP contribution in [0.3, 0.4) is 0 Å². The summed E-state index contributed by atoms with van der Waals surface area (Å²) in [5.74, 6) is 0.416. The average molecular weight is 339 g/mol. The number of hydrogen-bond donors (Lipinski definition) is 2. The van der Waals surface area contributed by atoms with E-state index >= 15 is 0 Å². The number of halogens is 2. The molecule has 4 nitrogen and oxygen atoms in total. The quantitative estimate of drug-likeness (QED) is 0.847. The van der Waals surface area contributed by atoms with Crippen molar-refractivity contribution in [1.29, 1.82) is 0 Å². The first-order valence-electron chi connectivity index (χ1n) is 6.67. The van der Waals surface area contributed by atoms with Crippen molar-refractivity contribution in [2.75, 3.05) is 17.7 Å². The summed E-state index contributed by atoms with van der Waals surface area (Å²) in [6, 6.07) is 11.9. The number of nitrogens with one attached hydrogen (secondary N) is 2. The van der Waals surface area contributed by atoms with E-state index in [2.05, 4.69) is 10.6 Å². The molecule has 0 radical (unpaired) electrons. The number of para-hydroxylation sites is 3. The lowest BCUT2D eigenvalue weighted by Gasteiger charge is -2.18. The Hall–Kier alpha value is -1.91. The van der Waals surface area contributed by atoms with E-state index < -0.39 is 6.04 Å². The Balaban J connectivity index is 2.10.